The predicted molar refractivity (Wildman–Crippen MR) is 92.6 cm³/mol. The van der Waals surface area contributed by atoms with E-state index in [2.05, 4.69) is 37.9 Å². The average Bonchev–Trinajstić information content (AvgIpc) is 2.53. The maximum atomic E-state index is 3.80. The predicted octanol–water partition coefficient (Wildman–Crippen LogP) is 4.30. The minimum absolute atomic E-state index is 0.712. The molecule has 1 aliphatic heterocycles. The molecule has 3 unspecified atom stereocenters. The van der Waals surface area contributed by atoms with Crippen molar-refractivity contribution in [3.8, 4) is 0 Å². The van der Waals surface area contributed by atoms with Crippen LogP contribution in [0.25, 0.3) is 0 Å². The van der Waals surface area contributed by atoms with Gasteiger partial charge < -0.3 is 5.32 Å². The van der Waals surface area contributed by atoms with Crippen molar-refractivity contribution in [3.63, 3.8) is 0 Å². The Kier molecular flexibility index (Phi) is 7.01. The van der Waals surface area contributed by atoms with Gasteiger partial charge in [0.25, 0.3) is 0 Å². The normalized spacial score (nSPS) is 36.6. The van der Waals surface area contributed by atoms with Crippen LogP contribution in [0.2, 0.25) is 0 Å². The van der Waals surface area contributed by atoms with Gasteiger partial charge in [0.2, 0.25) is 0 Å². The number of hydrogen-bond donors (Lipinski definition) is 1. The molecule has 1 aliphatic carbocycles. The summed E-state index contributed by atoms with van der Waals surface area (Å²) >= 11 is 0. The molecule has 0 aromatic carbocycles. The standard InChI is InChI=1S/C19H38N2/c1-5-16(4)19-14-21(18(6-2)13-20-19)12-11-17-9-7-15(3)8-10-17/h15-20H,5-14H2,1-4H3. The Morgan fingerprint density at radius 2 is 1.86 bits per heavy atom. The quantitative estimate of drug-likeness (QED) is 0.785. The Morgan fingerprint density at radius 3 is 2.48 bits per heavy atom. The Morgan fingerprint density at radius 1 is 1.14 bits per heavy atom. The summed E-state index contributed by atoms with van der Waals surface area (Å²) < 4.78 is 0. The van der Waals surface area contributed by atoms with E-state index in [-0.39, 0.29) is 0 Å². The third kappa shape index (κ3) is 4.96. The van der Waals surface area contributed by atoms with E-state index >= 15 is 0 Å². The van der Waals surface area contributed by atoms with Gasteiger partial charge in [-0.1, -0.05) is 59.8 Å². The molecule has 2 heteroatoms. The van der Waals surface area contributed by atoms with Gasteiger partial charge >= 0.3 is 0 Å². The molecule has 0 aromatic rings. The molecule has 124 valence electrons. The highest BCUT2D eigenvalue weighted by Crippen LogP contribution is 2.31. The summed E-state index contributed by atoms with van der Waals surface area (Å²) in [4.78, 5) is 2.81. The summed E-state index contributed by atoms with van der Waals surface area (Å²) in [6.07, 6.45) is 9.94. The first-order chi connectivity index (χ1) is 10.1. The molecule has 2 fully saturated rings. The van der Waals surface area contributed by atoms with Crippen LogP contribution in [-0.2, 0) is 0 Å². The fourth-order valence-corrected chi connectivity index (χ4v) is 4.19. The lowest BCUT2D eigenvalue weighted by Gasteiger charge is -2.43. The van der Waals surface area contributed by atoms with Gasteiger partial charge in [0, 0.05) is 25.2 Å². The molecule has 1 heterocycles. The first kappa shape index (κ1) is 17.3. The van der Waals surface area contributed by atoms with Gasteiger partial charge in [-0.25, -0.2) is 0 Å². The van der Waals surface area contributed by atoms with Crippen LogP contribution in [0.15, 0.2) is 0 Å². The SMILES string of the molecule is CCC(C)C1CN(CCC2CCC(C)CC2)C(CC)CN1. The van der Waals surface area contributed by atoms with Crippen molar-refractivity contribution < 1.29 is 0 Å². The van der Waals surface area contributed by atoms with Crippen molar-refractivity contribution >= 4 is 0 Å². The van der Waals surface area contributed by atoms with Crippen molar-refractivity contribution in [2.75, 3.05) is 19.6 Å². The smallest absolute Gasteiger partial charge is 0.0221 e. The van der Waals surface area contributed by atoms with E-state index in [0.29, 0.717) is 6.04 Å². The molecule has 0 radical (unpaired) electrons. The number of nitrogens with one attached hydrogen (secondary N) is 1. The second kappa shape index (κ2) is 8.53. The second-order valence-corrected chi connectivity index (χ2v) is 7.87. The van der Waals surface area contributed by atoms with Crippen molar-refractivity contribution in [3.05, 3.63) is 0 Å². The van der Waals surface area contributed by atoms with E-state index in [1.807, 2.05) is 0 Å². The lowest BCUT2D eigenvalue weighted by Crippen LogP contribution is -2.58. The molecule has 1 N–H and O–H groups in total. The van der Waals surface area contributed by atoms with Crippen molar-refractivity contribution in [1.82, 2.24) is 10.2 Å². The second-order valence-electron chi connectivity index (χ2n) is 7.87. The molecule has 2 rings (SSSR count). The van der Waals surface area contributed by atoms with Gasteiger partial charge in [0.1, 0.15) is 0 Å². The number of rotatable bonds is 6. The minimum Gasteiger partial charge on any atom is -0.311 e. The highest BCUT2D eigenvalue weighted by molar-refractivity contribution is 4.88. The molecular weight excluding hydrogens is 256 g/mol. The topological polar surface area (TPSA) is 15.3 Å². The molecule has 21 heavy (non-hydrogen) atoms. The molecule has 2 aliphatic rings. The molecule has 0 amide bonds. The van der Waals surface area contributed by atoms with Gasteiger partial charge in [0.05, 0.1) is 0 Å². The van der Waals surface area contributed by atoms with E-state index in [9.17, 15) is 0 Å². The van der Waals surface area contributed by atoms with Crippen LogP contribution in [0.5, 0.6) is 0 Å². The minimum atomic E-state index is 0.712. The molecule has 3 atom stereocenters. The molecule has 0 bridgehead atoms. The molecule has 1 saturated carbocycles. The number of nitrogens with zero attached hydrogens (tertiary/aromatic N) is 1. The lowest BCUT2D eigenvalue weighted by molar-refractivity contribution is 0.0955. The largest absolute Gasteiger partial charge is 0.311 e. The third-order valence-electron chi connectivity index (χ3n) is 6.33. The lowest BCUT2D eigenvalue weighted by atomic mass is 9.81. The molecule has 0 spiro atoms. The zero-order valence-corrected chi connectivity index (χ0v) is 14.9. The highest BCUT2D eigenvalue weighted by atomic mass is 15.2. The highest BCUT2D eigenvalue weighted by Gasteiger charge is 2.29. The Bertz CT molecular complexity index is 283. The van der Waals surface area contributed by atoms with Gasteiger partial charge in [-0.05, 0) is 37.1 Å². The van der Waals surface area contributed by atoms with E-state index in [1.165, 1.54) is 64.6 Å². The zero-order valence-electron chi connectivity index (χ0n) is 14.9. The van der Waals surface area contributed by atoms with Crippen LogP contribution < -0.4 is 5.32 Å². The maximum absolute atomic E-state index is 3.80. The molecule has 2 nitrogen and oxygen atoms in total. The maximum Gasteiger partial charge on any atom is 0.0221 e. The van der Waals surface area contributed by atoms with Crippen LogP contribution >= 0.6 is 0 Å². The van der Waals surface area contributed by atoms with Crippen molar-refractivity contribution in [2.45, 2.75) is 84.7 Å². The summed E-state index contributed by atoms with van der Waals surface area (Å²) in [7, 11) is 0. The van der Waals surface area contributed by atoms with Crippen LogP contribution in [0.1, 0.15) is 72.6 Å². The van der Waals surface area contributed by atoms with Crippen molar-refractivity contribution in [2.24, 2.45) is 17.8 Å². The van der Waals surface area contributed by atoms with Crippen LogP contribution in [0.3, 0.4) is 0 Å². The molecular formula is C19H38N2. The Labute approximate surface area is 133 Å². The first-order valence-electron chi connectivity index (χ1n) is 9.61. The van der Waals surface area contributed by atoms with E-state index in [4.69, 9.17) is 0 Å². The zero-order chi connectivity index (χ0) is 15.2. The Balaban J connectivity index is 1.80. The number of hydrogen-bond acceptors (Lipinski definition) is 2. The first-order valence-corrected chi connectivity index (χ1v) is 9.61. The van der Waals surface area contributed by atoms with Gasteiger partial charge in [-0.3, -0.25) is 4.90 Å². The fraction of sp³-hybridized carbons (Fsp3) is 1.00. The third-order valence-corrected chi connectivity index (χ3v) is 6.33. The summed E-state index contributed by atoms with van der Waals surface area (Å²) in [6, 6.07) is 1.48. The van der Waals surface area contributed by atoms with E-state index in [1.54, 1.807) is 0 Å². The van der Waals surface area contributed by atoms with Gasteiger partial charge in [-0.15, -0.1) is 0 Å². The van der Waals surface area contributed by atoms with Crippen LogP contribution in [-0.4, -0.2) is 36.6 Å². The monoisotopic (exact) mass is 294 g/mol. The fourth-order valence-electron chi connectivity index (χ4n) is 4.19. The average molecular weight is 295 g/mol. The number of piperazine rings is 1. The van der Waals surface area contributed by atoms with Crippen LogP contribution in [0.4, 0.5) is 0 Å². The summed E-state index contributed by atoms with van der Waals surface area (Å²) in [5.74, 6) is 2.80. The van der Waals surface area contributed by atoms with Crippen molar-refractivity contribution in [1.29, 1.82) is 0 Å². The molecule has 1 saturated heterocycles. The summed E-state index contributed by atoms with van der Waals surface area (Å²) in [6.45, 7) is 13.3. The van der Waals surface area contributed by atoms with Gasteiger partial charge in [-0.2, -0.15) is 0 Å². The van der Waals surface area contributed by atoms with Crippen LogP contribution in [0, 0.1) is 17.8 Å². The van der Waals surface area contributed by atoms with E-state index in [0.717, 1.165) is 23.8 Å². The summed E-state index contributed by atoms with van der Waals surface area (Å²) in [5.41, 5.74) is 0. The Hall–Kier alpha value is -0.0800. The summed E-state index contributed by atoms with van der Waals surface area (Å²) in [5, 5.41) is 3.80. The molecule has 0 aromatic heterocycles. The van der Waals surface area contributed by atoms with Gasteiger partial charge in [0.15, 0.2) is 0 Å². The van der Waals surface area contributed by atoms with E-state index < -0.39 is 0 Å².